The molecule has 10 aromatic carbocycles. The molecule has 12 aromatic rings. The molecule has 0 fully saturated rings. The van der Waals surface area contributed by atoms with Gasteiger partial charge in [-0.25, -0.2) is 0 Å². The lowest BCUT2D eigenvalue weighted by Crippen LogP contribution is -2.14. The van der Waals surface area contributed by atoms with Crippen molar-refractivity contribution >= 4 is 78.0 Å². The average Bonchev–Trinajstić information content (AvgIpc) is 3.95. The fourth-order valence-electron chi connectivity index (χ4n) is 9.40. The van der Waals surface area contributed by atoms with Gasteiger partial charge >= 0.3 is 0 Å². The largest absolute Gasteiger partial charge is 0.456 e. The molecule has 0 saturated heterocycles. The minimum absolute atomic E-state index is 0.839. The molecule has 0 N–H and O–H groups in total. The van der Waals surface area contributed by atoms with Crippen molar-refractivity contribution in [2.24, 2.45) is 0 Å². The molecule has 302 valence electrons. The second kappa shape index (κ2) is 15.7. The summed E-state index contributed by atoms with van der Waals surface area (Å²) >= 11 is 0. The van der Waals surface area contributed by atoms with Crippen LogP contribution in [0.25, 0.3) is 77.3 Å². The van der Waals surface area contributed by atoms with E-state index < -0.39 is 0 Å². The number of fused-ring (bicyclic) bond motifs is 6. The van der Waals surface area contributed by atoms with Crippen LogP contribution in [0.2, 0.25) is 0 Å². The third-order valence-electron chi connectivity index (χ3n) is 12.2. The number of hydrogen-bond donors (Lipinski definition) is 0. The molecule has 4 nitrogen and oxygen atoms in total. The van der Waals surface area contributed by atoms with Crippen molar-refractivity contribution in [3.05, 3.63) is 243 Å². The number of para-hydroxylation sites is 4. The van der Waals surface area contributed by atoms with E-state index in [9.17, 15) is 0 Å². The maximum absolute atomic E-state index is 6.53. The van der Waals surface area contributed by atoms with Gasteiger partial charge in [0.15, 0.2) is 0 Å². The number of anilines is 6. The van der Waals surface area contributed by atoms with Gasteiger partial charge in [0.1, 0.15) is 22.3 Å². The van der Waals surface area contributed by atoms with Crippen LogP contribution in [0.4, 0.5) is 34.1 Å². The molecule has 0 bridgehead atoms. The van der Waals surface area contributed by atoms with E-state index in [1.807, 2.05) is 12.1 Å². The number of rotatable bonds is 9. The van der Waals surface area contributed by atoms with E-state index in [0.29, 0.717) is 0 Å². The topological polar surface area (TPSA) is 32.8 Å². The van der Waals surface area contributed by atoms with Gasteiger partial charge in [-0.15, -0.1) is 0 Å². The highest BCUT2D eigenvalue weighted by Gasteiger charge is 2.26. The number of benzene rings is 10. The maximum atomic E-state index is 6.53. The Labute approximate surface area is 371 Å². The van der Waals surface area contributed by atoms with Gasteiger partial charge in [0.2, 0.25) is 0 Å². The summed E-state index contributed by atoms with van der Waals surface area (Å²) in [6.45, 7) is 0. The predicted octanol–water partition coefficient (Wildman–Crippen LogP) is 17.4. The first-order valence-electron chi connectivity index (χ1n) is 21.7. The minimum Gasteiger partial charge on any atom is -0.456 e. The summed E-state index contributed by atoms with van der Waals surface area (Å²) < 4.78 is 13.1. The van der Waals surface area contributed by atoms with Gasteiger partial charge in [0.05, 0.1) is 33.5 Å². The lowest BCUT2D eigenvalue weighted by atomic mass is 9.97. The van der Waals surface area contributed by atoms with Crippen molar-refractivity contribution in [1.82, 2.24) is 0 Å². The monoisotopic (exact) mass is 820 g/mol. The summed E-state index contributed by atoms with van der Waals surface area (Å²) in [5.41, 5.74) is 16.3. The van der Waals surface area contributed by atoms with Gasteiger partial charge in [0, 0.05) is 33.3 Å². The summed E-state index contributed by atoms with van der Waals surface area (Å²) in [4.78, 5) is 4.82. The molecule has 2 aromatic heterocycles. The molecule has 0 spiro atoms. The first-order chi connectivity index (χ1) is 31.8. The Bertz CT molecular complexity index is 3400. The van der Waals surface area contributed by atoms with Crippen molar-refractivity contribution in [2.45, 2.75) is 0 Å². The highest BCUT2D eigenvalue weighted by Crippen LogP contribution is 2.51. The van der Waals surface area contributed by atoms with Gasteiger partial charge < -0.3 is 18.6 Å². The Balaban J connectivity index is 1.13. The highest BCUT2D eigenvalue weighted by atomic mass is 16.3. The second-order valence-corrected chi connectivity index (χ2v) is 16.0. The third-order valence-corrected chi connectivity index (χ3v) is 12.2. The lowest BCUT2D eigenvalue weighted by Gasteiger charge is -2.32. The van der Waals surface area contributed by atoms with E-state index in [4.69, 9.17) is 8.83 Å². The van der Waals surface area contributed by atoms with Crippen LogP contribution in [0, 0.1) is 0 Å². The highest BCUT2D eigenvalue weighted by molar-refractivity contribution is 6.16. The fourth-order valence-corrected chi connectivity index (χ4v) is 9.40. The SMILES string of the molecule is c1ccc(-c2cccc(N(c3ccccc3-c3ccccc3N(c3cccc(-c4ccccc4)c3)c3cccc4oc5ccccc5c34)c3cccc4oc5ccccc5c34)c2)cc1. The molecule has 12 rings (SSSR count). The van der Waals surface area contributed by atoms with Crippen molar-refractivity contribution < 1.29 is 8.83 Å². The zero-order chi connectivity index (χ0) is 42.4. The molecule has 4 heteroatoms. The van der Waals surface area contributed by atoms with E-state index in [1.165, 1.54) is 0 Å². The molecule has 0 radical (unpaired) electrons. The summed E-state index contributed by atoms with van der Waals surface area (Å²) in [6.07, 6.45) is 0. The number of nitrogens with zero attached hydrogens (tertiary/aromatic N) is 2. The fraction of sp³-hybridized carbons (Fsp3) is 0. The van der Waals surface area contributed by atoms with Crippen molar-refractivity contribution in [2.75, 3.05) is 9.80 Å². The molecule has 0 aliphatic heterocycles. The average molecular weight is 821 g/mol. The quantitative estimate of drug-likeness (QED) is 0.145. The Hall–Kier alpha value is -8.60. The smallest absolute Gasteiger partial charge is 0.137 e. The van der Waals surface area contributed by atoms with E-state index >= 15 is 0 Å². The van der Waals surface area contributed by atoms with Gasteiger partial charge in [-0.2, -0.15) is 0 Å². The summed E-state index contributed by atoms with van der Waals surface area (Å²) in [7, 11) is 0. The van der Waals surface area contributed by atoms with Crippen LogP contribution in [-0.4, -0.2) is 0 Å². The molecular formula is C60H40N2O2. The normalized spacial score (nSPS) is 11.4. The van der Waals surface area contributed by atoms with Crippen LogP contribution >= 0.6 is 0 Å². The van der Waals surface area contributed by atoms with Crippen LogP contribution in [0.3, 0.4) is 0 Å². The van der Waals surface area contributed by atoms with Gasteiger partial charge in [-0.05, 0) is 95.1 Å². The van der Waals surface area contributed by atoms with E-state index in [-0.39, 0.29) is 0 Å². The zero-order valence-electron chi connectivity index (χ0n) is 34.8. The zero-order valence-corrected chi connectivity index (χ0v) is 34.8. The van der Waals surface area contributed by atoms with Crippen LogP contribution in [-0.2, 0) is 0 Å². The molecular weight excluding hydrogens is 781 g/mol. The number of hydrogen-bond acceptors (Lipinski definition) is 4. The van der Waals surface area contributed by atoms with Gasteiger partial charge in [-0.1, -0.05) is 170 Å². The molecule has 0 unspecified atom stereocenters. The minimum atomic E-state index is 0.839. The van der Waals surface area contributed by atoms with E-state index in [2.05, 4.69) is 240 Å². The van der Waals surface area contributed by atoms with Gasteiger partial charge in [0.25, 0.3) is 0 Å². The first kappa shape index (κ1) is 37.2. The molecule has 0 aliphatic carbocycles. The Morgan fingerprint density at radius 3 is 1.06 bits per heavy atom. The van der Waals surface area contributed by atoms with Crippen LogP contribution in [0.1, 0.15) is 0 Å². The van der Waals surface area contributed by atoms with Crippen molar-refractivity contribution in [3.8, 4) is 33.4 Å². The Morgan fingerprint density at radius 1 is 0.250 bits per heavy atom. The van der Waals surface area contributed by atoms with Crippen LogP contribution in [0.5, 0.6) is 0 Å². The predicted molar refractivity (Wildman–Crippen MR) is 267 cm³/mol. The summed E-state index contributed by atoms with van der Waals surface area (Å²) in [5.74, 6) is 0. The number of furan rings is 2. The van der Waals surface area contributed by atoms with Crippen LogP contribution in [0.15, 0.2) is 251 Å². The Morgan fingerprint density at radius 2 is 0.594 bits per heavy atom. The molecule has 2 heterocycles. The third kappa shape index (κ3) is 6.40. The summed E-state index contributed by atoms with van der Waals surface area (Å²) in [6, 6.07) is 85.9. The molecule has 0 amide bonds. The summed E-state index contributed by atoms with van der Waals surface area (Å²) in [5, 5.41) is 4.26. The molecule has 64 heavy (non-hydrogen) atoms. The van der Waals surface area contributed by atoms with E-state index in [0.717, 1.165) is 111 Å². The molecule has 0 aliphatic rings. The maximum Gasteiger partial charge on any atom is 0.137 e. The van der Waals surface area contributed by atoms with Gasteiger partial charge in [-0.3, -0.25) is 0 Å². The standard InChI is InChI=1S/C60H40N2O2/c1-3-19-41(20-4-1)43-23-15-25-45(39-43)61(53-33-17-37-57-59(53)49-29-9-13-35-55(49)63-57)51-31-11-7-27-47(51)48-28-8-12-32-52(48)62(46-26-16-24-44(40-46)42-21-5-2-6-22-42)54-34-18-38-58-60(54)50-30-10-14-36-56(50)64-58/h1-40H. The van der Waals surface area contributed by atoms with Crippen molar-refractivity contribution in [1.29, 1.82) is 0 Å². The Kier molecular flexibility index (Phi) is 9.12. The molecule has 0 atom stereocenters. The van der Waals surface area contributed by atoms with Crippen LogP contribution < -0.4 is 9.80 Å². The van der Waals surface area contributed by atoms with Crippen molar-refractivity contribution in [3.63, 3.8) is 0 Å². The molecule has 0 saturated carbocycles. The second-order valence-electron chi connectivity index (χ2n) is 16.0. The first-order valence-corrected chi connectivity index (χ1v) is 21.7. The lowest BCUT2D eigenvalue weighted by molar-refractivity contribution is 0.668. The van der Waals surface area contributed by atoms with E-state index in [1.54, 1.807) is 0 Å².